The molecule has 162 valence electrons. The number of aromatic nitrogens is 1. The van der Waals surface area contributed by atoms with E-state index in [4.69, 9.17) is 18.9 Å². The van der Waals surface area contributed by atoms with Crippen LogP contribution in [-0.4, -0.2) is 38.8 Å². The zero-order valence-electron chi connectivity index (χ0n) is 18.1. The maximum atomic E-state index is 13.6. The number of benzene rings is 2. The zero-order valence-corrected chi connectivity index (χ0v) is 18.1. The number of anilines is 1. The van der Waals surface area contributed by atoms with Gasteiger partial charge in [0.15, 0.2) is 11.5 Å². The van der Waals surface area contributed by atoms with Gasteiger partial charge in [0.05, 0.1) is 40.0 Å². The molecule has 0 saturated carbocycles. The van der Waals surface area contributed by atoms with Gasteiger partial charge in [-0.3, -0.25) is 9.69 Å². The van der Waals surface area contributed by atoms with Crippen LogP contribution in [0.5, 0.6) is 23.0 Å². The molecule has 0 atom stereocenters. The predicted molar refractivity (Wildman–Crippen MR) is 118 cm³/mol. The van der Waals surface area contributed by atoms with E-state index < -0.39 is 0 Å². The van der Waals surface area contributed by atoms with E-state index in [1.807, 2.05) is 37.3 Å². The first-order valence-corrected chi connectivity index (χ1v) is 9.86. The van der Waals surface area contributed by atoms with Gasteiger partial charge >= 0.3 is 0 Å². The fraction of sp³-hybridized carbons (Fsp3) is 0.250. The topological polar surface area (TPSA) is 70.1 Å². The van der Waals surface area contributed by atoms with Crippen molar-refractivity contribution in [2.45, 2.75) is 13.5 Å². The van der Waals surface area contributed by atoms with E-state index in [-0.39, 0.29) is 12.5 Å². The summed E-state index contributed by atoms with van der Waals surface area (Å²) >= 11 is 0. The molecule has 1 heterocycles. The molecule has 0 radical (unpaired) electrons. The van der Waals surface area contributed by atoms with E-state index in [2.05, 4.69) is 4.98 Å². The Morgan fingerprint density at radius 3 is 2.16 bits per heavy atom. The number of carbonyl (C=O) groups excluding carboxylic acids is 1. The quantitative estimate of drug-likeness (QED) is 0.511. The van der Waals surface area contributed by atoms with Crippen molar-refractivity contribution in [3.8, 4) is 23.0 Å². The third kappa shape index (κ3) is 4.88. The minimum absolute atomic E-state index is 0.225. The summed E-state index contributed by atoms with van der Waals surface area (Å²) in [5.41, 5.74) is 1.25. The lowest BCUT2D eigenvalue weighted by Gasteiger charge is -2.24. The highest BCUT2D eigenvalue weighted by molar-refractivity contribution is 6.07. The second-order valence-electron chi connectivity index (χ2n) is 6.54. The number of pyridine rings is 1. The van der Waals surface area contributed by atoms with Gasteiger partial charge in [0.1, 0.15) is 11.6 Å². The van der Waals surface area contributed by atoms with Crippen LogP contribution in [0.25, 0.3) is 0 Å². The monoisotopic (exact) mass is 422 g/mol. The average molecular weight is 422 g/mol. The van der Waals surface area contributed by atoms with E-state index in [1.165, 1.54) is 0 Å². The summed E-state index contributed by atoms with van der Waals surface area (Å²) in [5.74, 6) is 2.34. The van der Waals surface area contributed by atoms with Crippen molar-refractivity contribution in [1.29, 1.82) is 0 Å². The maximum absolute atomic E-state index is 13.6. The minimum Gasteiger partial charge on any atom is -0.493 e. The Labute approximate surface area is 182 Å². The normalized spacial score (nSPS) is 10.3. The van der Waals surface area contributed by atoms with Crippen molar-refractivity contribution in [1.82, 2.24) is 4.98 Å². The van der Waals surface area contributed by atoms with Crippen molar-refractivity contribution in [2.24, 2.45) is 0 Å². The SMILES string of the molecule is CCOc1ccccc1C(=O)N(Cc1cc(OC)c(OC)c(OC)c1)c1ccccn1. The standard InChI is InChI=1S/C24H26N2O5/c1-5-31-19-11-7-6-10-18(19)24(27)26(22-12-8-9-13-25-22)16-17-14-20(28-2)23(30-4)21(15-17)29-3/h6-15H,5,16H2,1-4H3. The summed E-state index contributed by atoms with van der Waals surface area (Å²) < 4.78 is 22.0. The molecule has 3 rings (SSSR count). The first-order chi connectivity index (χ1) is 15.1. The summed E-state index contributed by atoms with van der Waals surface area (Å²) in [5, 5.41) is 0. The molecule has 31 heavy (non-hydrogen) atoms. The third-order valence-electron chi connectivity index (χ3n) is 4.65. The average Bonchev–Trinajstić information content (AvgIpc) is 2.82. The number of hydrogen-bond acceptors (Lipinski definition) is 6. The molecule has 2 aromatic carbocycles. The van der Waals surface area contributed by atoms with Crippen molar-refractivity contribution in [3.05, 3.63) is 71.9 Å². The van der Waals surface area contributed by atoms with Gasteiger partial charge in [0.2, 0.25) is 5.75 Å². The number of rotatable bonds is 9. The van der Waals surface area contributed by atoms with Crippen LogP contribution in [0.4, 0.5) is 5.82 Å². The van der Waals surface area contributed by atoms with E-state index >= 15 is 0 Å². The summed E-state index contributed by atoms with van der Waals surface area (Å²) in [6.07, 6.45) is 1.65. The fourth-order valence-corrected chi connectivity index (χ4v) is 3.25. The van der Waals surface area contributed by atoms with Crippen molar-refractivity contribution >= 4 is 11.7 Å². The molecule has 3 aromatic rings. The molecule has 0 N–H and O–H groups in total. The van der Waals surface area contributed by atoms with Crippen LogP contribution in [0.2, 0.25) is 0 Å². The second kappa shape index (κ2) is 10.3. The minimum atomic E-state index is -0.225. The molecular weight excluding hydrogens is 396 g/mol. The number of methoxy groups -OCH3 is 3. The van der Waals surface area contributed by atoms with Crippen LogP contribution >= 0.6 is 0 Å². The number of ether oxygens (including phenoxy) is 4. The van der Waals surface area contributed by atoms with Gasteiger partial charge in [-0.1, -0.05) is 18.2 Å². The largest absolute Gasteiger partial charge is 0.493 e. The lowest BCUT2D eigenvalue weighted by atomic mass is 10.1. The van der Waals surface area contributed by atoms with Crippen LogP contribution in [0.1, 0.15) is 22.8 Å². The molecule has 0 fully saturated rings. The van der Waals surface area contributed by atoms with E-state index in [1.54, 1.807) is 56.7 Å². The number of para-hydroxylation sites is 1. The Morgan fingerprint density at radius 2 is 1.58 bits per heavy atom. The Bertz CT molecular complexity index is 998. The fourth-order valence-electron chi connectivity index (χ4n) is 3.25. The van der Waals surface area contributed by atoms with Gasteiger partial charge in [-0.15, -0.1) is 0 Å². The first-order valence-electron chi connectivity index (χ1n) is 9.86. The first kappa shape index (κ1) is 22.0. The molecule has 0 spiro atoms. The molecule has 0 saturated heterocycles. The number of amides is 1. The Morgan fingerprint density at radius 1 is 0.903 bits per heavy atom. The van der Waals surface area contributed by atoms with Gasteiger partial charge in [0.25, 0.3) is 5.91 Å². The highest BCUT2D eigenvalue weighted by atomic mass is 16.5. The van der Waals surface area contributed by atoms with Gasteiger partial charge in [-0.25, -0.2) is 4.98 Å². The molecule has 0 aliphatic heterocycles. The highest BCUT2D eigenvalue weighted by Gasteiger charge is 2.24. The molecule has 1 aromatic heterocycles. The summed E-state index contributed by atoms with van der Waals surface area (Å²) in [7, 11) is 4.66. The Hall–Kier alpha value is -3.74. The van der Waals surface area contributed by atoms with Crippen molar-refractivity contribution in [2.75, 3.05) is 32.8 Å². The second-order valence-corrected chi connectivity index (χ2v) is 6.54. The molecule has 0 aliphatic rings. The summed E-state index contributed by atoms with van der Waals surface area (Å²) in [6, 6.07) is 16.3. The molecule has 7 heteroatoms. The Balaban J connectivity index is 2.05. The van der Waals surface area contributed by atoms with Gasteiger partial charge < -0.3 is 18.9 Å². The molecule has 0 unspecified atom stereocenters. The van der Waals surface area contributed by atoms with Crippen LogP contribution in [0, 0.1) is 0 Å². The third-order valence-corrected chi connectivity index (χ3v) is 4.65. The molecular formula is C24H26N2O5. The van der Waals surface area contributed by atoms with E-state index in [0.29, 0.717) is 41.0 Å². The maximum Gasteiger partial charge on any atom is 0.263 e. The molecule has 1 amide bonds. The molecule has 0 aliphatic carbocycles. The van der Waals surface area contributed by atoms with Crippen LogP contribution in [0.15, 0.2) is 60.8 Å². The number of nitrogens with zero attached hydrogens (tertiary/aromatic N) is 2. The highest BCUT2D eigenvalue weighted by Crippen LogP contribution is 2.39. The van der Waals surface area contributed by atoms with Gasteiger partial charge in [-0.05, 0) is 48.9 Å². The molecule has 0 bridgehead atoms. The number of hydrogen-bond donors (Lipinski definition) is 0. The lowest BCUT2D eigenvalue weighted by Crippen LogP contribution is -2.31. The lowest BCUT2D eigenvalue weighted by molar-refractivity contribution is 0.0980. The summed E-state index contributed by atoms with van der Waals surface area (Å²) in [6.45, 7) is 2.58. The zero-order chi connectivity index (χ0) is 22.2. The van der Waals surface area contributed by atoms with Crippen molar-refractivity contribution in [3.63, 3.8) is 0 Å². The summed E-state index contributed by atoms with van der Waals surface area (Å²) in [4.78, 5) is 19.6. The van der Waals surface area contributed by atoms with E-state index in [9.17, 15) is 4.79 Å². The smallest absolute Gasteiger partial charge is 0.263 e. The number of carbonyl (C=O) groups is 1. The van der Waals surface area contributed by atoms with Crippen LogP contribution in [0.3, 0.4) is 0 Å². The van der Waals surface area contributed by atoms with Crippen molar-refractivity contribution < 1.29 is 23.7 Å². The predicted octanol–water partition coefficient (Wildman–Crippen LogP) is 4.35. The Kier molecular flexibility index (Phi) is 7.32. The van der Waals surface area contributed by atoms with Crippen LogP contribution < -0.4 is 23.8 Å². The molecule has 7 nitrogen and oxygen atoms in total. The van der Waals surface area contributed by atoms with Crippen LogP contribution in [-0.2, 0) is 6.54 Å². The van der Waals surface area contributed by atoms with Gasteiger partial charge in [-0.2, -0.15) is 0 Å². The van der Waals surface area contributed by atoms with E-state index in [0.717, 1.165) is 5.56 Å². The van der Waals surface area contributed by atoms with Gasteiger partial charge in [0, 0.05) is 6.20 Å².